The molecule has 1 saturated heterocycles. The lowest BCUT2D eigenvalue weighted by atomic mass is 10.3. The van der Waals surface area contributed by atoms with Crippen LogP contribution in [0.15, 0.2) is 42.9 Å². The number of nitrogens with zero attached hydrogens (tertiary/aromatic N) is 8. The van der Waals surface area contributed by atoms with E-state index in [-0.39, 0.29) is 5.91 Å². The molecule has 0 aromatic carbocycles. The Morgan fingerprint density at radius 2 is 1.86 bits per heavy atom. The van der Waals surface area contributed by atoms with Gasteiger partial charge in [0, 0.05) is 57.7 Å². The summed E-state index contributed by atoms with van der Waals surface area (Å²) in [5, 5.41) is 15.8. The zero-order valence-electron chi connectivity index (χ0n) is 16.3. The van der Waals surface area contributed by atoms with Gasteiger partial charge in [-0.1, -0.05) is 0 Å². The first-order valence-corrected chi connectivity index (χ1v) is 9.59. The maximum atomic E-state index is 12.5. The van der Waals surface area contributed by atoms with Crippen molar-refractivity contribution in [2.45, 2.75) is 13.3 Å². The van der Waals surface area contributed by atoms with Crippen LogP contribution < -0.4 is 10.2 Å². The van der Waals surface area contributed by atoms with Gasteiger partial charge in [-0.25, -0.2) is 14.6 Å². The molecule has 1 fully saturated rings. The number of nitrogens with one attached hydrogen (secondary N) is 1. The predicted molar refractivity (Wildman–Crippen MR) is 108 cm³/mol. The molecule has 3 aromatic heterocycles. The fraction of sp³-hybridized carbons (Fsp3) is 0.368. The Hall–Kier alpha value is -3.56. The average Bonchev–Trinajstić information content (AvgIpc) is 3.21. The average molecular weight is 393 g/mol. The van der Waals surface area contributed by atoms with Gasteiger partial charge in [-0.3, -0.25) is 4.79 Å². The summed E-state index contributed by atoms with van der Waals surface area (Å²) in [4.78, 5) is 25.0. The fourth-order valence-corrected chi connectivity index (χ4v) is 3.15. The number of rotatable bonds is 6. The molecule has 1 N–H and O–H groups in total. The topological polar surface area (TPSA) is 105 Å². The van der Waals surface area contributed by atoms with Gasteiger partial charge in [0.15, 0.2) is 5.82 Å². The summed E-state index contributed by atoms with van der Waals surface area (Å²) in [6.07, 6.45) is 5.71. The molecule has 10 nitrogen and oxygen atoms in total. The Morgan fingerprint density at radius 1 is 1.07 bits per heavy atom. The third-order valence-corrected chi connectivity index (χ3v) is 4.72. The van der Waals surface area contributed by atoms with E-state index in [1.807, 2.05) is 36.2 Å². The van der Waals surface area contributed by atoms with Crippen LogP contribution in [0.5, 0.6) is 0 Å². The van der Waals surface area contributed by atoms with Crippen LogP contribution in [-0.4, -0.2) is 73.5 Å². The quantitative estimate of drug-likeness (QED) is 0.659. The second-order valence-corrected chi connectivity index (χ2v) is 6.77. The van der Waals surface area contributed by atoms with E-state index in [1.165, 1.54) is 0 Å². The number of piperazine rings is 1. The summed E-state index contributed by atoms with van der Waals surface area (Å²) < 4.78 is 1.68. The summed E-state index contributed by atoms with van der Waals surface area (Å²) in [7, 11) is 0. The lowest BCUT2D eigenvalue weighted by Crippen LogP contribution is -2.49. The molecule has 0 radical (unpaired) electrons. The van der Waals surface area contributed by atoms with Gasteiger partial charge >= 0.3 is 0 Å². The third kappa shape index (κ3) is 4.65. The van der Waals surface area contributed by atoms with Crippen LogP contribution in [-0.2, 0) is 4.79 Å². The SMILES string of the molecule is Cc1ccn(-c2ccc(NCCC(=O)N3CCN(c4ncccn4)CC3)nn2)n1. The number of carbonyl (C=O) groups is 1. The Balaban J connectivity index is 1.21. The van der Waals surface area contributed by atoms with Crippen LogP contribution in [0.3, 0.4) is 0 Å². The van der Waals surface area contributed by atoms with Crippen LogP contribution in [0, 0.1) is 6.92 Å². The summed E-state index contributed by atoms with van der Waals surface area (Å²) in [5.41, 5.74) is 0.921. The van der Waals surface area contributed by atoms with Crippen molar-refractivity contribution >= 4 is 17.7 Å². The highest BCUT2D eigenvalue weighted by atomic mass is 16.2. The van der Waals surface area contributed by atoms with Crippen molar-refractivity contribution in [3.8, 4) is 5.82 Å². The van der Waals surface area contributed by atoms with E-state index < -0.39 is 0 Å². The van der Waals surface area contributed by atoms with E-state index in [0.717, 1.165) is 18.8 Å². The van der Waals surface area contributed by atoms with E-state index in [0.29, 0.717) is 43.6 Å². The largest absolute Gasteiger partial charge is 0.368 e. The minimum absolute atomic E-state index is 0.128. The molecule has 4 rings (SSSR count). The molecule has 4 heterocycles. The highest BCUT2D eigenvalue weighted by Crippen LogP contribution is 2.11. The first-order chi connectivity index (χ1) is 14.2. The van der Waals surface area contributed by atoms with Gasteiger partial charge in [-0.05, 0) is 31.2 Å². The number of aryl methyl sites for hydroxylation is 1. The number of anilines is 2. The van der Waals surface area contributed by atoms with Crippen molar-refractivity contribution in [2.24, 2.45) is 0 Å². The molecule has 1 aliphatic heterocycles. The van der Waals surface area contributed by atoms with Crippen LogP contribution >= 0.6 is 0 Å². The van der Waals surface area contributed by atoms with Gasteiger partial charge in [-0.2, -0.15) is 5.10 Å². The normalized spacial score (nSPS) is 14.1. The molecule has 0 aliphatic carbocycles. The van der Waals surface area contributed by atoms with Crippen LogP contribution in [0.25, 0.3) is 5.82 Å². The second-order valence-electron chi connectivity index (χ2n) is 6.77. The molecule has 0 unspecified atom stereocenters. The molecule has 3 aromatic rings. The zero-order valence-corrected chi connectivity index (χ0v) is 16.3. The Bertz CT molecular complexity index is 934. The number of carbonyl (C=O) groups excluding carboxylic acids is 1. The van der Waals surface area contributed by atoms with Gasteiger partial charge in [0.2, 0.25) is 11.9 Å². The van der Waals surface area contributed by atoms with E-state index in [4.69, 9.17) is 0 Å². The maximum Gasteiger partial charge on any atom is 0.225 e. The monoisotopic (exact) mass is 393 g/mol. The molecular formula is C19H23N9O. The second kappa shape index (κ2) is 8.63. The maximum absolute atomic E-state index is 12.5. The van der Waals surface area contributed by atoms with Gasteiger partial charge in [0.25, 0.3) is 0 Å². The lowest BCUT2D eigenvalue weighted by molar-refractivity contribution is -0.131. The molecule has 0 spiro atoms. The van der Waals surface area contributed by atoms with Crippen molar-refractivity contribution in [3.05, 3.63) is 48.5 Å². The number of aromatic nitrogens is 6. The molecule has 0 saturated carbocycles. The summed E-state index contributed by atoms with van der Waals surface area (Å²) in [6.45, 7) is 5.26. The molecule has 0 atom stereocenters. The highest BCUT2D eigenvalue weighted by molar-refractivity contribution is 5.77. The van der Waals surface area contributed by atoms with Gasteiger partial charge in [0.1, 0.15) is 5.82 Å². The Kier molecular flexibility index (Phi) is 5.59. The van der Waals surface area contributed by atoms with Crippen molar-refractivity contribution in [1.29, 1.82) is 0 Å². The van der Waals surface area contributed by atoms with E-state index >= 15 is 0 Å². The Labute approximate surface area is 168 Å². The molecule has 1 amide bonds. The standard InChI is InChI=1S/C19H23N9O/c1-15-6-10-28(25-15)17-4-3-16(23-24-17)20-9-5-18(29)26-11-13-27(14-12-26)19-21-7-2-8-22-19/h2-4,6-8,10H,5,9,11-14H2,1H3,(H,20,23). The minimum Gasteiger partial charge on any atom is -0.368 e. The molecule has 0 bridgehead atoms. The Morgan fingerprint density at radius 3 is 2.52 bits per heavy atom. The van der Waals surface area contributed by atoms with Gasteiger partial charge < -0.3 is 15.1 Å². The predicted octanol–water partition coefficient (Wildman–Crippen LogP) is 0.912. The van der Waals surface area contributed by atoms with Gasteiger partial charge in [0.05, 0.1) is 5.69 Å². The summed E-state index contributed by atoms with van der Waals surface area (Å²) in [5.74, 6) is 2.13. The van der Waals surface area contributed by atoms with Crippen LogP contribution in [0.2, 0.25) is 0 Å². The molecule has 10 heteroatoms. The molecule has 29 heavy (non-hydrogen) atoms. The smallest absolute Gasteiger partial charge is 0.225 e. The van der Waals surface area contributed by atoms with Crippen LogP contribution in [0.1, 0.15) is 12.1 Å². The van der Waals surface area contributed by atoms with E-state index in [9.17, 15) is 4.79 Å². The third-order valence-electron chi connectivity index (χ3n) is 4.72. The molecule has 1 aliphatic rings. The van der Waals surface area contributed by atoms with Gasteiger partial charge in [-0.15, -0.1) is 10.2 Å². The highest BCUT2D eigenvalue weighted by Gasteiger charge is 2.22. The van der Waals surface area contributed by atoms with Crippen molar-refractivity contribution in [1.82, 2.24) is 34.8 Å². The minimum atomic E-state index is 0.128. The molecule has 150 valence electrons. The first kappa shape index (κ1) is 18.8. The van der Waals surface area contributed by atoms with Crippen molar-refractivity contribution in [3.63, 3.8) is 0 Å². The van der Waals surface area contributed by atoms with E-state index in [1.54, 1.807) is 23.1 Å². The van der Waals surface area contributed by atoms with Crippen molar-refractivity contribution < 1.29 is 4.79 Å². The zero-order chi connectivity index (χ0) is 20.1. The number of hydrogen-bond donors (Lipinski definition) is 1. The van der Waals surface area contributed by atoms with E-state index in [2.05, 4.69) is 35.5 Å². The fourth-order valence-electron chi connectivity index (χ4n) is 3.15. The van der Waals surface area contributed by atoms with Crippen molar-refractivity contribution in [2.75, 3.05) is 42.9 Å². The lowest BCUT2D eigenvalue weighted by Gasteiger charge is -2.34. The summed E-state index contributed by atoms with van der Waals surface area (Å²) >= 11 is 0. The molecular weight excluding hydrogens is 370 g/mol. The first-order valence-electron chi connectivity index (χ1n) is 9.59. The number of amides is 1. The summed E-state index contributed by atoms with van der Waals surface area (Å²) in [6, 6.07) is 7.38. The van der Waals surface area contributed by atoms with Crippen LogP contribution in [0.4, 0.5) is 11.8 Å². The number of hydrogen-bond acceptors (Lipinski definition) is 8.